The van der Waals surface area contributed by atoms with Crippen molar-refractivity contribution in [3.63, 3.8) is 0 Å². The van der Waals surface area contributed by atoms with E-state index in [0.717, 1.165) is 12.1 Å². The number of aromatic nitrogens is 2. The smallest absolute Gasteiger partial charge is 0.363 e. The predicted molar refractivity (Wildman–Crippen MR) is 78.5 cm³/mol. The maximum atomic E-state index is 12.8. The second-order valence-electron chi connectivity index (χ2n) is 4.16. The molecular formula is C13H13F3N4S. The SMILES string of the molecule is CCNC(=S)Nc1cc(C(F)(F)F)ccc1-n1cccn1. The Labute approximate surface area is 125 Å². The summed E-state index contributed by atoms with van der Waals surface area (Å²) in [4.78, 5) is 0. The van der Waals surface area contributed by atoms with E-state index >= 15 is 0 Å². The van der Waals surface area contributed by atoms with Crippen molar-refractivity contribution in [1.82, 2.24) is 15.1 Å². The topological polar surface area (TPSA) is 41.9 Å². The molecule has 0 amide bonds. The largest absolute Gasteiger partial charge is 0.416 e. The van der Waals surface area contributed by atoms with Gasteiger partial charge in [-0.15, -0.1) is 0 Å². The van der Waals surface area contributed by atoms with Gasteiger partial charge < -0.3 is 10.6 Å². The molecule has 0 unspecified atom stereocenters. The van der Waals surface area contributed by atoms with Crippen molar-refractivity contribution in [2.24, 2.45) is 0 Å². The molecule has 4 nitrogen and oxygen atoms in total. The number of anilines is 1. The molecule has 0 aliphatic heterocycles. The molecule has 0 fully saturated rings. The van der Waals surface area contributed by atoms with Crippen molar-refractivity contribution >= 4 is 23.0 Å². The maximum absolute atomic E-state index is 12.8. The van der Waals surface area contributed by atoms with Crippen LogP contribution in [0.25, 0.3) is 5.69 Å². The van der Waals surface area contributed by atoms with Crippen LogP contribution in [0.5, 0.6) is 0 Å². The van der Waals surface area contributed by atoms with Gasteiger partial charge in [0.05, 0.1) is 16.9 Å². The van der Waals surface area contributed by atoms with Gasteiger partial charge in [-0.2, -0.15) is 18.3 Å². The summed E-state index contributed by atoms with van der Waals surface area (Å²) < 4.78 is 40.0. The first-order valence-electron chi connectivity index (χ1n) is 6.18. The van der Waals surface area contributed by atoms with Gasteiger partial charge in [-0.1, -0.05) is 0 Å². The fourth-order valence-corrected chi connectivity index (χ4v) is 2.00. The highest BCUT2D eigenvalue weighted by Gasteiger charge is 2.31. The van der Waals surface area contributed by atoms with Gasteiger partial charge in [0, 0.05) is 18.9 Å². The van der Waals surface area contributed by atoms with E-state index in [9.17, 15) is 13.2 Å². The number of alkyl halides is 3. The Bertz CT molecular complexity index is 623. The van der Waals surface area contributed by atoms with Crippen LogP contribution in [0.4, 0.5) is 18.9 Å². The Morgan fingerprint density at radius 1 is 1.38 bits per heavy atom. The number of nitrogens with one attached hydrogen (secondary N) is 2. The van der Waals surface area contributed by atoms with Crippen LogP contribution in [0, 0.1) is 0 Å². The summed E-state index contributed by atoms with van der Waals surface area (Å²) >= 11 is 5.03. The summed E-state index contributed by atoms with van der Waals surface area (Å²) in [5.74, 6) is 0. The highest BCUT2D eigenvalue weighted by molar-refractivity contribution is 7.80. The molecule has 0 bridgehead atoms. The van der Waals surface area contributed by atoms with Crippen LogP contribution < -0.4 is 10.6 Å². The fraction of sp³-hybridized carbons (Fsp3) is 0.231. The zero-order valence-corrected chi connectivity index (χ0v) is 11.9. The monoisotopic (exact) mass is 314 g/mol. The van der Waals surface area contributed by atoms with E-state index in [0.29, 0.717) is 12.2 Å². The van der Waals surface area contributed by atoms with Gasteiger partial charge in [0.2, 0.25) is 0 Å². The molecule has 21 heavy (non-hydrogen) atoms. The zero-order chi connectivity index (χ0) is 15.5. The van der Waals surface area contributed by atoms with Crippen LogP contribution in [0.3, 0.4) is 0 Å². The van der Waals surface area contributed by atoms with Gasteiger partial charge in [-0.05, 0) is 43.4 Å². The first-order chi connectivity index (χ1) is 9.91. The molecule has 2 N–H and O–H groups in total. The first kappa shape index (κ1) is 15.3. The Hall–Kier alpha value is -2.09. The van der Waals surface area contributed by atoms with Crippen molar-refractivity contribution in [1.29, 1.82) is 0 Å². The molecular weight excluding hydrogens is 301 g/mol. The van der Waals surface area contributed by atoms with E-state index in [-0.39, 0.29) is 10.8 Å². The number of nitrogens with zero attached hydrogens (tertiary/aromatic N) is 2. The Balaban J connectivity index is 2.43. The summed E-state index contributed by atoms with van der Waals surface area (Å²) in [6.07, 6.45) is -1.23. The van der Waals surface area contributed by atoms with Crippen LogP contribution in [0.2, 0.25) is 0 Å². The molecule has 1 aromatic heterocycles. The minimum atomic E-state index is -4.42. The van der Waals surface area contributed by atoms with Gasteiger partial charge in [-0.25, -0.2) is 4.68 Å². The third kappa shape index (κ3) is 3.72. The van der Waals surface area contributed by atoms with Crippen molar-refractivity contribution in [3.8, 4) is 5.69 Å². The van der Waals surface area contributed by atoms with Crippen LogP contribution in [-0.4, -0.2) is 21.4 Å². The van der Waals surface area contributed by atoms with Crippen LogP contribution in [0.15, 0.2) is 36.7 Å². The van der Waals surface area contributed by atoms with Crippen molar-refractivity contribution in [2.45, 2.75) is 13.1 Å². The molecule has 112 valence electrons. The molecule has 8 heteroatoms. The minimum Gasteiger partial charge on any atom is -0.363 e. The predicted octanol–water partition coefficient (Wildman–Crippen LogP) is 3.20. The Morgan fingerprint density at radius 3 is 2.71 bits per heavy atom. The highest BCUT2D eigenvalue weighted by Crippen LogP contribution is 2.33. The van der Waals surface area contributed by atoms with Gasteiger partial charge >= 0.3 is 6.18 Å². The van der Waals surface area contributed by atoms with Gasteiger partial charge in [0.25, 0.3) is 0 Å². The van der Waals surface area contributed by atoms with Crippen molar-refractivity contribution < 1.29 is 13.2 Å². The molecule has 0 saturated heterocycles. The maximum Gasteiger partial charge on any atom is 0.416 e. The number of hydrogen-bond acceptors (Lipinski definition) is 2. The summed E-state index contributed by atoms with van der Waals surface area (Å²) in [6.45, 7) is 2.41. The van der Waals surface area contributed by atoms with E-state index in [1.165, 1.54) is 10.7 Å². The van der Waals surface area contributed by atoms with Gasteiger partial charge in [-0.3, -0.25) is 0 Å². The molecule has 0 spiro atoms. The fourth-order valence-electron chi connectivity index (χ4n) is 1.75. The second-order valence-corrected chi connectivity index (χ2v) is 4.57. The van der Waals surface area contributed by atoms with E-state index in [1.54, 1.807) is 18.5 Å². The Morgan fingerprint density at radius 2 is 2.14 bits per heavy atom. The van der Waals surface area contributed by atoms with E-state index in [4.69, 9.17) is 12.2 Å². The van der Waals surface area contributed by atoms with Gasteiger partial charge in [0.1, 0.15) is 0 Å². The van der Waals surface area contributed by atoms with Crippen molar-refractivity contribution in [2.75, 3.05) is 11.9 Å². The number of halogens is 3. The molecule has 2 aromatic rings. The number of benzene rings is 1. The average molecular weight is 314 g/mol. The average Bonchev–Trinajstić information content (AvgIpc) is 2.91. The standard InChI is InChI=1S/C13H13F3N4S/c1-2-17-12(21)19-10-8-9(13(14,15)16)4-5-11(10)20-7-3-6-18-20/h3-8H,2H2,1H3,(H2,17,19,21). The third-order valence-electron chi connectivity index (χ3n) is 2.66. The number of hydrogen-bond donors (Lipinski definition) is 2. The normalized spacial score (nSPS) is 11.2. The lowest BCUT2D eigenvalue weighted by molar-refractivity contribution is -0.137. The summed E-state index contributed by atoms with van der Waals surface area (Å²) in [5.41, 5.74) is -0.0343. The van der Waals surface area contributed by atoms with Crippen LogP contribution in [0.1, 0.15) is 12.5 Å². The van der Waals surface area contributed by atoms with E-state index in [1.807, 2.05) is 6.92 Å². The molecule has 0 radical (unpaired) electrons. The first-order valence-corrected chi connectivity index (χ1v) is 6.58. The van der Waals surface area contributed by atoms with E-state index in [2.05, 4.69) is 15.7 Å². The second kappa shape index (κ2) is 6.13. The third-order valence-corrected chi connectivity index (χ3v) is 2.91. The molecule has 2 rings (SSSR count). The molecule has 0 aliphatic rings. The lowest BCUT2D eigenvalue weighted by atomic mass is 10.1. The van der Waals surface area contributed by atoms with E-state index < -0.39 is 11.7 Å². The molecule has 0 saturated carbocycles. The van der Waals surface area contributed by atoms with Crippen LogP contribution >= 0.6 is 12.2 Å². The summed E-state index contributed by atoms with van der Waals surface area (Å²) in [7, 11) is 0. The quantitative estimate of drug-likeness (QED) is 0.854. The highest BCUT2D eigenvalue weighted by atomic mass is 32.1. The lowest BCUT2D eigenvalue weighted by Gasteiger charge is -2.16. The molecule has 1 heterocycles. The van der Waals surface area contributed by atoms with Gasteiger partial charge in [0.15, 0.2) is 5.11 Å². The zero-order valence-electron chi connectivity index (χ0n) is 11.1. The lowest BCUT2D eigenvalue weighted by Crippen LogP contribution is -2.28. The summed E-state index contributed by atoms with van der Waals surface area (Å²) in [6, 6.07) is 5.07. The Kier molecular flexibility index (Phi) is 4.46. The molecule has 0 aliphatic carbocycles. The number of rotatable bonds is 3. The van der Waals surface area contributed by atoms with Crippen molar-refractivity contribution in [3.05, 3.63) is 42.2 Å². The summed E-state index contributed by atoms with van der Waals surface area (Å²) in [5, 5.41) is 9.88. The number of thiocarbonyl (C=S) groups is 1. The molecule has 1 aromatic carbocycles. The molecule has 0 atom stereocenters. The van der Waals surface area contributed by atoms with Crippen LogP contribution in [-0.2, 0) is 6.18 Å². The minimum absolute atomic E-state index is 0.236.